The maximum Gasteiger partial charge on any atom is 0.335 e. The molecule has 8 nitrogen and oxygen atoms in total. The molecule has 1 spiro atoms. The van der Waals surface area contributed by atoms with Gasteiger partial charge in [-0.05, 0) is 71.8 Å². The summed E-state index contributed by atoms with van der Waals surface area (Å²) in [5.41, 5.74) is -0.00493. The SMILES string of the molecule is CC(=O)N1CCC2(CC1)OC(=O)C(C)=C2C(=O)NCCCN1CCC(N2CCCCC2)CC1. The van der Waals surface area contributed by atoms with Crippen molar-refractivity contribution in [3.63, 3.8) is 0 Å². The Morgan fingerprint density at radius 1 is 1.03 bits per heavy atom. The number of amides is 2. The average Bonchev–Trinajstić information content (AvgIpc) is 3.06. The molecule has 0 aromatic carbocycles. The minimum Gasteiger partial charge on any atom is -0.450 e. The Labute approximate surface area is 197 Å². The number of carbonyl (C=O) groups is 3. The maximum atomic E-state index is 13.1. The van der Waals surface area contributed by atoms with Gasteiger partial charge in [-0.1, -0.05) is 6.42 Å². The highest BCUT2D eigenvalue weighted by Gasteiger charge is 2.51. The van der Waals surface area contributed by atoms with Gasteiger partial charge in [0.1, 0.15) is 5.60 Å². The van der Waals surface area contributed by atoms with E-state index in [-0.39, 0.29) is 11.8 Å². The second-order valence-corrected chi connectivity index (χ2v) is 10.2. The van der Waals surface area contributed by atoms with Crippen LogP contribution in [0.3, 0.4) is 0 Å². The summed E-state index contributed by atoms with van der Waals surface area (Å²) in [6, 6.07) is 0.752. The zero-order chi connectivity index (χ0) is 23.4. The molecule has 0 aliphatic carbocycles. The van der Waals surface area contributed by atoms with Gasteiger partial charge in [0.05, 0.1) is 5.57 Å². The first-order valence-corrected chi connectivity index (χ1v) is 12.8. The second-order valence-electron chi connectivity index (χ2n) is 10.2. The number of esters is 1. The Bertz CT molecular complexity index is 773. The van der Waals surface area contributed by atoms with E-state index in [9.17, 15) is 14.4 Å². The third-order valence-electron chi connectivity index (χ3n) is 8.07. The van der Waals surface area contributed by atoms with Crippen LogP contribution in [0.2, 0.25) is 0 Å². The van der Waals surface area contributed by atoms with Gasteiger partial charge >= 0.3 is 5.97 Å². The zero-order valence-corrected chi connectivity index (χ0v) is 20.4. The first-order chi connectivity index (χ1) is 15.9. The normalized spacial score (nSPS) is 24.9. The van der Waals surface area contributed by atoms with Crippen molar-refractivity contribution in [3.8, 4) is 0 Å². The standard InChI is InChI=1S/C25H40N4O4/c1-19-22(25(33-24(19)32)9-17-28(18-10-25)20(2)30)23(31)26-11-6-12-27-15-7-21(8-16-27)29-13-4-3-5-14-29/h21H,3-18H2,1-2H3,(H,26,31). The number of hydrogen-bond acceptors (Lipinski definition) is 6. The predicted octanol–water partition coefficient (Wildman–Crippen LogP) is 1.70. The lowest BCUT2D eigenvalue weighted by Crippen LogP contribution is -2.50. The zero-order valence-electron chi connectivity index (χ0n) is 20.4. The second kappa shape index (κ2) is 10.6. The molecule has 33 heavy (non-hydrogen) atoms. The predicted molar refractivity (Wildman–Crippen MR) is 126 cm³/mol. The molecule has 0 radical (unpaired) electrons. The van der Waals surface area contributed by atoms with Crippen LogP contribution < -0.4 is 5.32 Å². The smallest absolute Gasteiger partial charge is 0.335 e. The van der Waals surface area contributed by atoms with Crippen LogP contribution in [0.1, 0.15) is 65.2 Å². The molecule has 2 amide bonds. The van der Waals surface area contributed by atoms with E-state index in [0.29, 0.717) is 43.6 Å². The summed E-state index contributed by atoms with van der Waals surface area (Å²) in [5, 5.41) is 3.04. The lowest BCUT2D eigenvalue weighted by atomic mass is 9.82. The van der Waals surface area contributed by atoms with Gasteiger partial charge in [0.25, 0.3) is 5.91 Å². The summed E-state index contributed by atoms with van der Waals surface area (Å²) in [6.45, 7) is 10.6. The monoisotopic (exact) mass is 460 g/mol. The first-order valence-electron chi connectivity index (χ1n) is 12.8. The summed E-state index contributed by atoms with van der Waals surface area (Å²) < 4.78 is 5.70. The van der Waals surface area contributed by atoms with E-state index in [1.165, 1.54) is 45.2 Å². The van der Waals surface area contributed by atoms with E-state index in [1.807, 2.05) is 0 Å². The number of ether oxygens (including phenoxy) is 1. The van der Waals surface area contributed by atoms with Crippen molar-refractivity contribution in [2.75, 3.05) is 52.4 Å². The number of nitrogens with zero attached hydrogens (tertiary/aromatic N) is 3. The number of rotatable bonds is 6. The highest BCUT2D eigenvalue weighted by Crippen LogP contribution is 2.41. The lowest BCUT2D eigenvalue weighted by Gasteiger charge is -2.40. The third kappa shape index (κ3) is 5.43. The van der Waals surface area contributed by atoms with Crippen molar-refractivity contribution in [3.05, 3.63) is 11.1 Å². The van der Waals surface area contributed by atoms with Crippen molar-refractivity contribution in [1.82, 2.24) is 20.0 Å². The molecule has 8 heteroatoms. The molecule has 4 heterocycles. The molecule has 0 aromatic heterocycles. The van der Waals surface area contributed by atoms with Crippen molar-refractivity contribution >= 4 is 17.8 Å². The van der Waals surface area contributed by atoms with Gasteiger partial charge in [-0.25, -0.2) is 4.79 Å². The maximum absolute atomic E-state index is 13.1. The van der Waals surface area contributed by atoms with Gasteiger partial charge in [-0.3, -0.25) is 9.59 Å². The summed E-state index contributed by atoms with van der Waals surface area (Å²) in [7, 11) is 0. The Hall–Kier alpha value is -1.93. The molecule has 0 bridgehead atoms. The number of hydrogen-bond donors (Lipinski definition) is 1. The van der Waals surface area contributed by atoms with Gasteiger partial charge in [0.2, 0.25) is 5.91 Å². The number of piperidine rings is 3. The fourth-order valence-corrected chi connectivity index (χ4v) is 6.05. The molecule has 0 atom stereocenters. The minimum atomic E-state index is -0.881. The van der Waals surface area contributed by atoms with E-state index in [1.54, 1.807) is 18.7 Å². The molecule has 4 aliphatic rings. The first kappa shape index (κ1) is 24.2. The Morgan fingerprint density at radius 3 is 2.33 bits per heavy atom. The summed E-state index contributed by atoms with van der Waals surface area (Å²) >= 11 is 0. The van der Waals surface area contributed by atoms with Crippen LogP contribution in [0.5, 0.6) is 0 Å². The molecule has 0 saturated carbocycles. The van der Waals surface area contributed by atoms with Gasteiger partial charge in [0.15, 0.2) is 0 Å². The van der Waals surface area contributed by atoms with Crippen molar-refractivity contribution in [2.45, 2.75) is 76.9 Å². The van der Waals surface area contributed by atoms with Crippen LogP contribution in [0.15, 0.2) is 11.1 Å². The molecule has 0 aromatic rings. The summed E-state index contributed by atoms with van der Waals surface area (Å²) in [5.74, 6) is -0.590. The van der Waals surface area contributed by atoms with E-state index in [2.05, 4.69) is 15.1 Å². The van der Waals surface area contributed by atoms with Crippen molar-refractivity contribution in [2.24, 2.45) is 0 Å². The van der Waals surface area contributed by atoms with Gasteiger partial charge < -0.3 is 24.8 Å². The topological polar surface area (TPSA) is 82.2 Å². The Morgan fingerprint density at radius 2 is 1.70 bits per heavy atom. The molecule has 0 unspecified atom stereocenters. The van der Waals surface area contributed by atoms with Crippen LogP contribution in [-0.4, -0.2) is 96.5 Å². The van der Waals surface area contributed by atoms with Gasteiger partial charge in [-0.15, -0.1) is 0 Å². The van der Waals surface area contributed by atoms with Crippen LogP contribution in [-0.2, 0) is 19.1 Å². The number of nitrogens with one attached hydrogen (secondary N) is 1. The molecule has 4 rings (SSSR count). The average molecular weight is 461 g/mol. The van der Waals surface area contributed by atoms with Crippen molar-refractivity contribution in [1.29, 1.82) is 0 Å². The molecule has 1 N–H and O–H groups in total. The minimum absolute atomic E-state index is 0.0147. The fraction of sp³-hybridized carbons (Fsp3) is 0.800. The lowest BCUT2D eigenvalue weighted by molar-refractivity contribution is -0.152. The van der Waals surface area contributed by atoms with Crippen LogP contribution in [0, 0.1) is 0 Å². The molecule has 3 fully saturated rings. The molecular formula is C25H40N4O4. The van der Waals surface area contributed by atoms with E-state index in [0.717, 1.165) is 32.1 Å². The van der Waals surface area contributed by atoms with E-state index in [4.69, 9.17) is 4.74 Å². The Balaban J connectivity index is 1.21. The molecule has 4 aliphatic heterocycles. The summed E-state index contributed by atoms with van der Waals surface area (Å²) in [4.78, 5) is 44.0. The summed E-state index contributed by atoms with van der Waals surface area (Å²) in [6.07, 6.45) is 8.43. The number of carbonyl (C=O) groups excluding carboxylic acids is 3. The van der Waals surface area contributed by atoms with Gasteiger partial charge in [-0.2, -0.15) is 0 Å². The van der Waals surface area contributed by atoms with E-state index < -0.39 is 11.6 Å². The quantitative estimate of drug-likeness (QED) is 0.480. The van der Waals surface area contributed by atoms with Crippen LogP contribution >= 0.6 is 0 Å². The molecular weight excluding hydrogens is 420 g/mol. The fourth-order valence-electron chi connectivity index (χ4n) is 6.05. The third-order valence-corrected chi connectivity index (χ3v) is 8.07. The number of likely N-dealkylation sites (tertiary alicyclic amines) is 3. The highest BCUT2D eigenvalue weighted by atomic mass is 16.6. The Kier molecular flexibility index (Phi) is 7.74. The molecule has 184 valence electrons. The van der Waals surface area contributed by atoms with Gasteiger partial charge in [0, 0.05) is 51.0 Å². The largest absolute Gasteiger partial charge is 0.450 e. The molecule has 3 saturated heterocycles. The van der Waals surface area contributed by atoms with E-state index >= 15 is 0 Å². The van der Waals surface area contributed by atoms with Crippen molar-refractivity contribution < 1.29 is 19.1 Å². The van der Waals surface area contributed by atoms with Crippen LogP contribution in [0.25, 0.3) is 0 Å². The van der Waals surface area contributed by atoms with Crippen LogP contribution in [0.4, 0.5) is 0 Å². The highest BCUT2D eigenvalue weighted by molar-refractivity contribution is 6.07.